The highest BCUT2D eigenvalue weighted by Gasteiger charge is 2.19. The average Bonchev–Trinajstić information content (AvgIpc) is 2.62. The van der Waals surface area contributed by atoms with Crippen LogP contribution in [0.2, 0.25) is 0 Å². The Kier molecular flexibility index (Phi) is 4.37. The lowest BCUT2D eigenvalue weighted by molar-refractivity contribution is -0.384. The molecule has 1 heterocycles. The Morgan fingerprint density at radius 1 is 1.26 bits per heavy atom. The van der Waals surface area contributed by atoms with Crippen LogP contribution < -0.4 is 5.73 Å². The van der Waals surface area contributed by atoms with E-state index in [0.717, 1.165) is 30.8 Å². The molecular formula is C14H21N3O2. The molecule has 0 unspecified atom stereocenters. The van der Waals surface area contributed by atoms with E-state index in [-0.39, 0.29) is 5.69 Å². The van der Waals surface area contributed by atoms with E-state index in [1.54, 1.807) is 6.07 Å². The number of hydrogen-bond acceptors (Lipinski definition) is 4. The molecule has 2 N–H and O–H groups in total. The van der Waals surface area contributed by atoms with Gasteiger partial charge < -0.3 is 5.73 Å². The minimum Gasteiger partial charge on any atom is -0.393 e. The molecule has 1 aliphatic rings. The molecular weight excluding hydrogens is 242 g/mol. The monoisotopic (exact) mass is 263 g/mol. The van der Waals surface area contributed by atoms with Gasteiger partial charge in [-0.25, -0.2) is 0 Å². The summed E-state index contributed by atoms with van der Waals surface area (Å²) in [7, 11) is 0. The normalized spacial score (nSPS) is 17.1. The topological polar surface area (TPSA) is 72.4 Å². The van der Waals surface area contributed by atoms with Crippen molar-refractivity contribution in [1.29, 1.82) is 0 Å². The molecule has 19 heavy (non-hydrogen) atoms. The molecule has 0 amide bonds. The van der Waals surface area contributed by atoms with Gasteiger partial charge in [0.25, 0.3) is 5.69 Å². The van der Waals surface area contributed by atoms with Gasteiger partial charge in [-0.1, -0.05) is 18.9 Å². The number of nitro groups is 1. The minimum absolute atomic E-state index is 0.0235. The highest BCUT2D eigenvalue weighted by molar-refractivity contribution is 5.65. The van der Waals surface area contributed by atoms with Crippen molar-refractivity contribution in [2.75, 3.05) is 18.8 Å². The van der Waals surface area contributed by atoms with Crippen molar-refractivity contribution in [2.45, 2.75) is 39.2 Å². The van der Waals surface area contributed by atoms with Gasteiger partial charge in [0.05, 0.1) is 4.92 Å². The first-order chi connectivity index (χ1) is 9.09. The number of nitrogens with two attached hydrogens (primary N) is 1. The summed E-state index contributed by atoms with van der Waals surface area (Å²) in [5, 5.41) is 10.9. The molecule has 0 atom stereocenters. The zero-order chi connectivity index (χ0) is 13.8. The summed E-state index contributed by atoms with van der Waals surface area (Å²) in [6, 6.07) is 3.29. The third kappa shape index (κ3) is 3.23. The van der Waals surface area contributed by atoms with Crippen LogP contribution in [0.5, 0.6) is 0 Å². The molecule has 1 fully saturated rings. The van der Waals surface area contributed by atoms with E-state index in [1.807, 2.05) is 6.92 Å². The molecule has 1 aromatic rings. The van der Waals surface area contributed by atoms with Crippen LogP contribution in [0.4, 0.5) is 11.4 Å². The van der Waals surface area contributed by atoms with Crippen LogP contribution >= 0.6 is 0 Å². The summed E-state index contributed by atoms with van der Waals surface area (Å²) in [4.78, 5) is 12.9. The fourth-order valence-corrected chi connectivity index (χ4v) is 2.65. The van der Waals surface area contributed by atoms with E-state index >= 15 is 0 Å². The Hall–Kier alpha value is -1.62. The highest BCUT2D eigenvalue weighted by Crippen LogP contribution is 2.29. The number of nitrogens with zero attached hydrogens (tertiary/aromatic N) is 2. The van der Waals surface area contributed by atoms with Crippen molar-refractivity contribution in [3.8, 4) is 0 Å². The second kappa shape index (κ2) is 6.02. The molecule has 5 nitrogen and oxygen atoms in total. The van der Waals surface area contributed by atoms with Crippen LogP contribution in [0.1, 0.15) is 36.8 Å². The van der Waals surface area contributed by atoms with Crippen molar-refractivity contribution in [1.82, 2.24) is 4.90 Å². The molecule has 0 radical (unpaired) electrons. The van der Waals surface area contributed by atoms with Gasteiger partial charge in [-0.3, -0.25) is 15.0 Å². The summed E-state index contributed by atoms with van der Waals surface area (Å²) in [6.07, 6.45) is 4.96. The van der Waals surface area contributed by atoms with E-state index in [2.05, 4.69) is 4.90 Å². The highest BCUT2D eigenvalue weighted by atomic mass is 16.6. The van der Waals surface area contributed by atoms with Crippen LogP contribution in [-0.4, -0.2) is 22.9 Å². The van der Waals surface area contributed by atoms with Gasteiger partial charge in [0.2, 0.25) is 0 Å². The quantitative estimate of drug-likeness (QED) is 0.517. The fourth-order valence-electron chi connectivity index (χ4n) is 2.65. The van der Waals surface area contributed by atoms with E-state index in [4.69, 9.17) is 5.73 Å². The summed E-state index contributed by atoms with van der Waals surface area (Å²) >= 11 is 0. The summed E-state index contributed by atoms with van der Waals surface area (Å²) < 4.78 is 0. The van der Waals surface area contributed by atoms with Crippen LogP contribution in [-0.2, 0) is 6.54 Å². The predicted octanol–water partition coefficient (Wildman–Crippen LogP) is 2.86. The molecule has 1 aliphatic heterocycles. The van der Waals surface area contributed by atoms with Crippen molar-refractivity contribution >= 4 is 11.4 Å². The second-order valence-corrected chi connectivity index (χ2v) is 5.24. The van der Waals surface area contributed by atoms with E-state index in [0.29, 0.717) is 5.69 Å². The molecule has 0 aliphatic carbocycles. The molecule has 2 rings (SSSR count). The lowest BCUT2D eigenvalue weighted by atomic mass is 10.0. The molecule has 0 saturated carbocycles. The number of nitrogen functional groups attached to an aromatic ring is 1. The van der Waals surface area contributed by atoms with Crippen molar-refractivity contribution < 1.29 is 4.92 Å². The van der Waals surface area contributed by atoms with Crippen LogP contribution in [0.15, 0.2) is 12.1 Å². The molecule has 5 heteroatoms. The van der Waals surface area contributed by atoms with Gasteiger partial charge in [0.1, 0.15) is 5.69 Å². The third-order valence-corrected chi connectivity index (χ3v) is 3.85. The van der Waals surface area contributed by atoms with E-state index in [9.17, 15) is 10.1 Å². The number of nitro benzene ring substituents is 1. The largest absolute Gasteiger partial charge is 0.393 e. The van der Waals surface area contributed by atoms with Gasteiger partial charge >= 0.3 is 0 Å². The Morgan fingerprint density at radius 3 is 2.47 bits per heavy atom. The maximum atomic E-state index is 10.9. The van der Waals surface area contributed by atoms with Gasteiger partial charge in [-0.05, 0) is 44.0 Å². The number of benzene rings is 1. The first-order valence-electron chi connectivity index (χ1n) is 6.84. The van der Waals surface area contributed by atoms with Crippen LogP contribution in [0.3, 0.4) is 0 Å². The zero-order valence-corrected chi connectivity index (χ0v) is 11.4. The number of aryl methyl sites for hydroxylation is 1. The number of anilines is 1. The molecule has 0 aromatic heterocycles. The lowest BCUT2D eigenvalue weighted by Gasteiger charge is -2.21. The minimum atomic E-state index is -0.402. The number of hydrogen-bond donors (Lipinski definition) is 1. The number of rotatable bonds is 3. The van der Waals surface area contributed by atoms with Gasteiger partial charge in [-0.2, -0.15) is 0 Å². The Labute approximate surface area is 113 Å². The van der Waals surface area contributed by atoms with Gasteiger partial charge in [0, 0.05) is 12.6 Å². The fraction of sp³-hybridized carbons (Fsp3) is 0.571. The van der Waals surface area contributed by atoms with Crippen LogP contribution in [0.25, 0.3) is 0 Å². The molecule has 0 bridgehead atoms. The predicted molar refractivity (Wildman–Crippen MR) is 76.0 cm³/mol. The Bertz CT molecular complexity index is 466. The first kappa shape index (κ1) is 13.8. The molecule has 1 aromatic carbocycles. The summed E-state index contributed by atoms with van der Waals surface area (Å²) in [5.41, 5.74) is 8.27. The Morgan fingerprint density at radius 2 is 1.89 bits per heavy atom. The summed E-state index contributed by atoms with van der Waals surface area (Å²) in [5.74, 6) is 0. The third-order valence-electron chi connectivity index (χ3n) is 3.85. The summed E-state index contributed by atoms with van der Waals surface area (Å²) in [6.45, 7) is 4.80. The first-order valence-corrected chi connectivity index (χ1v) is 6.84. The SMILES string of the molecule is Cc1ccc([N+](=O)[O-])c(N)c1CN1CCCCCC1. The Balaban J connectivity index is 2.23. The zero-order valence-electron chi connectivity index (χ0n) is 11.4. The van der Waals surface area contributed by atoms with Crippen molar-refractivity contribution in [3.05, 3.63) is 33.4 Å². The molecule has 0 spiro atoms. The maximum Gasteiger partial charge on any atom is 0.292 e. The molecule has 1 saturated heterocycles. The smallest absolute Gasteiger partial charge is 0.292 e. The van der Waals surface area contributed by atoms with Crippen molar-refractivity contribution in [2.24, 2.45) is 0 Å². The second-order valence-electron chi connectivity index (χ2n) is 5.24. The standard InChI is InChI=1S/C14H21N3O2/c1-11-6-7-13(17(18)19)14(15)12(11)10-16-8-4-2-3-5-9-16/h6-7H,2-5,8-10,15H2,1H3. The van der Waals surface area contributed by atoms with Gasteiger partial charge in [0.15, 0.2) is 0 Å². The van der Waals surface area contributed by atoms with E-state index < -0.39 is 4.92 Å². The van der Waals surface area contributed by atoms with E-state index in [1.165, 1.54) is 31.7 Å². The van der Waals surface area contributed by atoms with Gasteiger partial charge in [-0.15, -0.1) is 0 Å². The number of likely N-dealkylation sites (tertiary alicyclic amines) is 1. The molecule has 104 valence electrons. The lowest BCUT2D eigenvalue weighted by Crippen LogP contribution is -2.25. The van der Waals surface area contributed by atoms with Crippen molar-refractivity contribution in [3.63, 3.8) is 0 Å². The van der Waals surface area contributed by atoms with Crippen LogP contribution in [0, 0.1) is 17.0 Å². The maximum absolute atomic E-state index is 10.9. The average molecular weight is 263 g/mol.